The van der Waals surface area contributed by atoms with Crippen LogP contribution in [0.25, 0.3) is 0 Å². The van der Waals surface area contributed by atoms with E-state index in [4.69, 9.17) is 0 Å². The van der Waals surface area contributed by atoms with Gasteiger partial charge in [-0.05, 0) is 24.3 Å². The van der Waals surface area contributed by atoms with Crippen molar-refractivity contribution in [1.82, 2.24) is 0 Å². The Hall–Kier alpha value is -2.50. The predicted molar refractivity (Wildman–Crippen MR) is 70.3 cm³/mol. The molecule has 0 bridgehead atoms. The first kappa shape index (κ1) is 13.9. The molecule has 2 N–H and O–H groups in total. The van der Waals surface area contributed by atoms with Gasteiger partial charge in [-0.3, -0.25) is 4.79 Å². The fourth-order valence-electron chi connectivity index (χ4n) is 1.75. The average Bonchev–Trinajstić information content (AvgIpc) is 2.41. The monoisotopic (exact) mass is 280 g/mol. The van der Waals surface area contributed by atoms with Gasteiger partial charge in [0, 0.05) is 13.1 Å². The molecule has 104 valence electrons. The molecule has 6 heteroatoms. The SMILES string of the molecule is CNc1c(F)cccc1C(=O)Nc1ccc(F)cc1F. The van der Waals surface area contributed by atoms with Crippen LogP contribution in [0.5, 0.6) is 0 Å². The molecule has 0 aliphatic heterocycles. The molecule has 3 nitrogen and oxygen atoms in total. The maximum absolute atomic E-state index is 13.5. The Balaban J connectivity index is 2.31. The molecule has 1 amide bonds. The maximum Gasteiger partial charge on any atom is 0.257 e. The normalized spacial score (nSPS) is 10.2. The number of benzene rings is 2. The lowest BCUT2D eigenvalue weighted by Crippen LogP contribution is -2.15. The van der Waals surface area contributed by atoms with E-state index in [0.717, 1.165) is 12.1 Å². The molecular weight excluding hydrogens is 269 g/mol. The summed E-state index contributed by atoms with van der Waals surface area (Å²) in [7, 11) is 1.47. The van der Waals surface area contributed by atoms with E-state index >= 15 is 0 Å². The Kier molecular flexibility index (Phi) is 3.93. The van der Waals surface area contributed by atoms with Gasteiger partial charge >= 0.3 is 0 Å². The van der Waals surface area contributed by atoms with E-state index in [1.165, 1.54) is 25.2 Å². The molecule has 0 atom stereocenters. The molecule has 2 aromatic carbocycles. The highest BCUT2D eigenvalue weighted by molar-refractivity contribution is 6.08. The number of rotatable bonds is 3. The second kappa shape index (κ2) is 5.64. The fraction of sp³-hybridized carbons (Fsp3) is 0.0714. The molecular formula is C14H11F3N2O. The minimum absolute atomic E-state index is 0.00696. The molecule has 0 aliphatic rings. The Morgan fingerprint density at radius 2 is 1.80 bits per heavy atom. The smallest absolute Gasteiger partial charge is 0.257 e. The Morgan fingerprint density at radius 3 is 2.45 bits per heavy atom. The third-order valence-electron chi connectivity index (χ3n) is 2.69. The fourth-order valence-corrected chi connectivity index (χ4v) is 1.75. The number of anilines is 2. The van der Waals surface area contributed by atoms with E-state index in [-0.39, 0.29) is 16.9 Å². The third kappa shape index (κ3) is 2.74. The molecule has 0 aliphatic carbocycles. The van der Waals surface area contributed by atoms with Crippen molar-refractivity contribution < 1.29 is 18.0 Å². The van der Waals surface area contributed by atoms with Gasteiger partial charge in [-0.1, -0.05) is 6.07 Å². The summed E-state index contributed by atoms with van der Waals surface area (Å²) in [4.78, 5) is 12.0. The zero-order chi connectivity index (χ0) is 14.7. The van der Waals surface area contributed by atoms with Crippen LogP contribution in [0.15, 0.2) is 36.4 Å². The zero-order valence-electron chi connectivity index (χ0n) is 10.5. The van der Waals surface area contributed by atoms with Crippen molar-refractivity contribution in [3.05, 3.63) is 59.4 Å². The molecule has 0 heterocycles. The van der Waals surface area contributed by atoms with Gasteiger partial charge in [0.25, 0.3) is 5.91 Å². The highest BCUT2D eigenvalue weighted by Crippen LogP contribution is 2.22. The van der Waals surface area contributed by atoms with Crippen molar-refractivity contribution >= 4 is 17.3 Å². The summed E-state index contributed by atoms with van der Waals surface area (Å²) in [6.45, 7) is 0. The average molecular weight is 280 g/mol. The predicted octanol–water partition coefficient (Wildman–Crippen LogP) is 3.40. The highest BCUT2D eigenvalue weighted by atomic mass is 19.1. The highest BCUT2D eigenvalue weighted by Gasteiger charge is 2.15. The number of nitrogens with one attached hydrogen (secondary N) is 2. The van der Waals surface area contributed by atoms with Crippen LogP contribution in [0.1, 0.15) is 10.4 Å². The molecule has 0 unspecified atom stereocenters. The van der Waals surface area contributed by atoms with Crippen LogP contribution in [-0.4, -0.2) is 13.0 Å². The lowest BCUT2D eigenvalue weighted by atomic mass is 10.1. The van der Waals surface area contributed by atoms with Crippen LogP contribution in [0.4, 0.5) is 24.5 Å². The van der Waals surface area contributed by atoms with Crippen LogP contribution in [0.2, 0.25) is 0 Å². The van der Waals surface area contributed by atoms with Crippen molar-refractivity contribution in [1.29, 1.82) is 0 Å². The lowest BCUT2D eigenvalue weighted by Gasteiger charge is -2.11. The molecule has 0 aromatic heterocycles. The number of amides is 1. The van der Waals surface area contributed by atoms with E-state index in [9.17, 15) is 18.0 Å². The first-order chi connectivity index (χ1) is 9.52. The molecule has 2 rings (SSSR count). The molecule has 2 aromatic rings. The maximum atomic E-state index is 13.5. The molecule has 0 radical (unpaired) electrons. The first-order valence-corrected chi connectivity index (χ1v) is 5.75. The van der Waals surface area contributed by atoms with Gasteiger partial charge in [0.2, 0.25) is 0 Å². The number of carbonyl (C=O) groups is 1. The van der Waals surface area contributed by atoms with Crippen molar-refractivity contribution in [3.63, 3.8) is 0 Å². The van der Waals surface area contributed by atoms with Gasteiger partial charge in [-0.2, -0.15) is 0 Å². The molecule has 0 spiro atoms. The Morgan fingerprint density at radius 1 is 1.05 bits per heavy atom. The van der Waals surface area contributed by atoms with Gasteiger partial charge in [-0.15, -0.1) is 0 Å². The van der Waals surface area contributed by atoms with Crippen LogP contribution in [-0.2, 0) is 0 Å². The van der Waals surface area contributed by atoms with Crippen molar-refractivity contribution in [2.75, 3.05) is 17.7 Å². The zero-order valence-corrected chi connectivity index (χ0v) is 10.5. The largest absolute Gasteiger partial charge is 0.385 e. The van der Waals surface area contributed by atoms with E-state index in [2.05, 4.69) is 10.6 Å². The van der Waals surface area contributed by atoms with Crippen LogP contribution in [0.3, 0.4) is 0 Å². The van der Waals surface area contributed by atoms with Gasteiger partial charge < -0.3 is 10.6 Å². The summed E-state index contributed by atoms with van der Waals surface area (Å²) in [5, 5.41) is 4.83. The molecule has 20 heavy (non-hydrogen) atoms. The lowest BCUT2D eigenvalue weighted by molar-refractivity contribution is 0.102. The summed E-state index contributed by atoms with van der Waals surface area (Å²) in [5.41, 5.74) is -0.147. The van der Waals surface area contributed by atoms with Crippen LogP contribution >= 0.6 is 0 Å². The van der Waals surface area contributed by atoms with E-state index < -0.39 is 23.4 Å². The van der Waals surface area contributed by atoms with Gasteiger partial charge in [0.05, 0.1) is 16.9 Å². The summed E-state index contributed by atoms with van der Waals surface area (Å²) in [6.07, 6.45) is 0. The second-order valence-electron chi connectivity index (χ2n) is 3.99. The van der Waals surface area contributed by atoms with Crippen molar-refractivity contribution in [2.45, 2.75) is 0 Å². The number of hydrogen-bond acceptors (Lipinski definition) is 2. The van der Waals surface area contributed by atoms with E-state index in [1.54, 1.807) is 0 Å². The van der Waals surface area contributed by atoms with Crippen LogP contribution in [0, 0.1) is 17.5 Å². The summed E-state index contributed by atoms with van der Waals surface area (Å²) in [6, 6.07) is 6.73. The third-order valence-corrected chi connectivity index (χ3v) is 2.69. The molecule has 0 saturated heterocycles. The summed E-state index contributed by atoms with van der Waals surface area (Å²) < 4.78 is 39.7. The van der Waals surface area contributed by atoms with Crippen molar-refractivity contribution in [3.8, 4) is 0 Å². The Labute approximate surface area is 113 Å². The summed E-state index contributed by atoms with van der Waals surface area (Å²) in [5.74, 6) is -2.94. The number of para-hydroxylation sites is 1. The topological polar surface area (TPSA) is 41.1 Å². The number of halogens is 3. The first-order valence-electron chi connectivity index (χ1n) is 5.75. The van der Waals surface area contributed by atoms with Crippen molar-refractivity contribution in [2.24, 2.45) is 0 Å². The van der Waals surface area contributed by atoms with Gasteiger partial charge in [-0.25, -0.2) is 13.2 Å². The molecule has 0 fully saturated rings. The minimum atomic E-state index is -0.902. The van der Waals surface area contributed by atoms with E-state index in [0.29, 0.717) is 6.07 Å². The van der Waals surface area contributed by atoms with Gasteiger partial charge in [0.1, 0.15) is 17.5 Å². The standard InChI is InChI=1S/C14H11F3N2O/c1-18-13-9(3-2-4-10(13)16)14(20)19-12-6-5-8(15)7-11(12)17/h2-7,18H,1H3,(H,19,20). The molecule has 0 saturated carbocycles. The van der Waals surface area contributed by atoms with Gasteiger partial charge in [0.15, 0.2) is 0 Å². The number of hydrogen-bond donors (Lipinski definition) is 2. The van der Waals surface area contributed by atoms with E-state index in [1.807, 2.05) is 0 Å². The summed E-state index contributed by atoms with van der Waals surface area (Å²) >= 11 is 0. The van der Waals surface area contributed by atoms with Crippen LogP contribution < -0.4 is 10.6 Å². The second-order valence-corrected chi connectivity index (χ2v) is 3.99. The Bertz CT molecular complexity index is 659. The number of carbonyl (C=O) groups excluding carboxylic acids is 1. The quantitative estimate of drug-likeness (QED) is 0.904. The minimum Gasteiger partial charge on any atom is -0.385 e.